The second-order valence-corrected chi connectivity index (χ2v) is 6.66. The van der Waals surface area contributed by atoms with Gasteiger partial charge in [-0.1, -0.05) is 19.8 Å². The van der Waals surface area contributed by atoms with Crippen molar-refractivity contribution in [1.29, 1.82) is 0 Å². The fraction of sp³-hybridized carbons (Fsp3) is 0.824. The number of rotatable bonds is 7. The molecule has 0 aromatic carbocycles. The molecule has 21 heavy (non-hydrogen) atoms. The number of likely N-dealkylation sites (N-methyl/N-ethyl adjacent to an activating group) is 1. The van der Waals surface area contributed by atoms with Gasteiger partial charge in [0.15, 0.2) is 0 Å². The summed E-state index contributed by atoms with van der Waals surface area (Å²) in [5, 5.41) is 8.47. The molecule has 2 aliphatic carbocycles. The molecule has 2 aliphatic rings. The Balaban J connectivity index is 1.67. The summed E-state index contributed by atoms with van der Waals surface area (Å²) in [7, 11) is 1.86. The van der Waals surface area contributed by atoms with Crippen molar-refractivity contribution in [1.82, 2.24) is 15.1 Å². The van der Waals surface area contributed by atoms with Crippen molar-refractivity contribution in [2.75, 3.05) is 13.7 Å². The summed E-state index contributed by atoms with van der Waals surface area (Å²) in [5.41, 5.74) is 1.24. The van der Waals surface area contributed by atoms with Gasteiger partial charge in [-0.2, -0.15) is 5.10 Å². The maximum absolute atomic E-state index is 5.87. The number of nitrogens with one attached hydrogen (secondary N) is 1. The van der Waals surface area contributed by atoms with Crippen molar-refractivity contribution in [2.24, 2.45) is 0 Å². The van der Waals surface area contributed by atoms with E-state index >= 15 is 0 Å². The lowest BCUT2D eigenvalue weighted by atomic mass is 9.73. The first-order valence-corrected chi connectivity index (χ1v) is 8.60. The molecule has 1 aromatic heterocycles. The molecular formula is C17H29N3O. The summed E-state index contributed by atoms with van der Waals surface area (Å²) in [6, 6.07) is 3.22. The monoisotopic (exact) mass is 291 g/mol. The van der Waals surface area contributed by atoms with E-state index in [1.165, 1.54) is 50.6 Å². The molecule has 0 amide bonds. The lowest BCUT2D eigenvalue weighted by Gasteiger charge is -2.46. The molecule has 4 heteroatoms. The first-order valence-electron chi connectivity index (χ1n) is 8.60. The molecule has 0 saturated heterocycles. The van der Waals surface area contributed by atoms with Gasteiger partial charge in [0.05, 0.1) is 17.3 Å². The van der Waals surface area contributed by atoms with E-state index in [1.54, 1.807) is 0 Å². The topological polar surface area (TPSA) is 39.1 Å². The SMILES string of the molecule is CCNC(Cc1ccn(C2CCCC2)n1)C1(OC)CCC1. The predicted molar refractivity (Wildman–Crippen MR) is 84.5 cm³/mol. The van der Waals surface area contributed by atoms with Crippen LogP contribution in [0.1, 0.15) is 63.6 Å². The maximum Gasteiger partial charge on any atom is 0.0834 e. The normalized spacial score (nSPS) is 23.1. The van der Waals surface area contributed by atoms with Gasteiger partial charge in [-0.25, -0.2) is 0 Å². The molecule has 2 fully saturated rings. The molecule has 1 aromatic rings. The van der Waals surface area contributed by atoms with E-state index in [-0.39, 0.29) is 5.60 Å². The van der Waals surface area contributed by atoms with E-state index in [2.05, 4.69) is 29.2 Å². The minimum Gasteiger partial charge on any atom is -0.377 e. The van der Waals surface area contributed by atoms with Gasteiger partial charge < -0.3 is 10.1 Å². The van der Waals surface area contributed by atoms with Gasteiger partial charge in [0.25, 0.3) is 0 Å². The summed E-state index contributed by atoms with van der Waals surface area (Å²) < 4.78 is 8.07. The number of nitrogens with zero attached hydrogens (tertiary/aromatic N) is 2. The number of aromatic nitrogens is 2. The van der Waals surface area contributed by atoms with Crippen molar-refractivity contribution in [2.45, 2.75) is 76.0 Å². The Morgan fingerprint density at radius 3 is 2.71 bits per heavy atom. The predicted octanol–water partition coefficient (Wildman–Crippen LogP) is 3.09. The van der Waals surface area contributed by atoms with Crippen LogP contribution in [0.2, 0.25) is 0 Å². The van der Waals surface area contributed by atoms with Crippen molar-refractivity contribution >= 4 is 0 Å². The van der Waals surface area contributed by atoms with Crippen LogP contribution in [0.5, 0.6) is 0 Å². The lowest BCUT2D eigenvalue weighted by Crippen LogP contribution is -2.57. The first kappa shape index (κ1) is 15.0. The highest BCUT2D eigenvalue weighted by Gasteiger charge is 2.44. The summed E-state index contributed by atoms with van der Waals surface area (Å²) in [6.07, 6.45) is 12.1. The van der Waals surface area contributed by atoms with Crippen LogP contribution in [0, 0.1) is 0 Å². The van der Waals surface area contributed by atoms with Crippen LogP contribution in [-0.2, 0) is 11.2 Å². The number of methoxy groups -OCH3 is 1. The van der Waals surface area contributed by atoms with Crippen LogP contribution in [0.4, 0.5) is 0 Å². The van der Waals surface area contributed by atoms with Crippen LogP contribution < -0.4 is 5.32 Å². The van der Waals surface area contributed by atoms with E-state index in [0.29, 0.717) is 12.1 Å². The summed E-state index contributed by atoms with van der Waals surface area (Å²) in [6.45, 7) is 3.16. The standard InChI is InChI=1S/C17H29N3O/c1-3-18-16(17(21-2)10-6-11-17)13-14-9-12-20(19-14)15-7-4-5-8-15/h9,12,15-16,18H,3-8,10-11,13H2,1-2H3. The Hall–Kier alpha value is -0.870. The lowest BCUT2D eigenvalue weighted by molar-refractivity contribution is -0.0980. The second kappa shape index (κ2) is 6.49. The van der Waals surface area contributed by atoms with Crippen molar-refractivity contribution in [3.8, 4) is 0 Å². The van der Waals surface area contributed by atoms with Gasteiger partial charge in [-0.3, -0.25) is 4.68 Å². The van der Waals surface area contributed by atoms with E-state index in [1.807, 2.05) is 7.11 Å². The third kappa shape index (κ3) is 3.02. The fourth-order valence-electron chi connectivity index (χ4n) is 3.98. The number of hydrogen-bond acceptors (Lipinski definition) is 3. The van der Waals surface area contributed by atoms with Crippen LogP contribution in [0.25, 0.3) is 0 Å². The first-order chi connectivity index (χ1) is 10.3. The molecule has 0 aliphatic heterocycles. The molecule has 0 bridgehead atoms. The molecule has 4 nitrogen and oxygen atoms in total. The van der Waals surface area contributed by atoms with Gasteiger partial charge in [0, 0.05) is 25.8 Å². The summed E-state index contributed by atoms with van der Waals surface area (Å²) in [4.78, 5) is 0. The van der Waals surface area contributed by atoms with Crippen LogP contribution in [-0.4, -0.2) is 35.1 Å². The molecule has 0 spiro atoms. The van der Waals surface area contributed by atoms with Crippen LogP contribution in [0.15, 0.2) is 12.3 Å². The summed E-state index contributed by atoms with van der Waals surface area (Å²) >= 11 is 0. The molecule has 118 valence electrons. The average Bonchev–Trinajstić information content (AvgIpc) is 3.08. The zero-order valence-corrected chi connectivity index (χ0v) is 13.5. The van der Waals surface area contributed by atoms with Gasteiger partial charge in [-0.05, 0) is 44.7 Å². The number of hydrogen-bond donors (Lipinski definition) is 1. The van der Waals surface area contributed by atoms with E-state index in [4.69, 9.17) is 9.84 Å². The third-order valence-electron chi connectivity index (χ3n) is 5.47. The zero-order chi connectivity index (χ0) is 14.7. The molecular weight excluding hydrogens is 262 g/mol. The molecule has 0 radical (unpaired) electrons. The largest absolute Gasteiger partial charge is 0.377 e. The Labute approximate surface area is 128 Å². The van der Waals surface area contributed by atoms with E-state index < -0.39 is 0 Å². The molecule has 1 atom stereocenters. The van der Waals surface area contributed by atoms with E-state index in [9.17, 15) is 0 Å². The highest BCUT2D eigenvalue weighted by molar-refractivity contribution is 5.09. The maximum atomic E-state index is 5.87. The fourth-order valence-corrected chi connectivity index (χ4v) is 3.98. The Kier molecular flexibility index (Phi) is 4.65. The van der Waals surface area contributed by atoms with Gasteiger partial charge in [-0.15, -0.1) is 0 Å². The Morgan fingerprint density at radius 1 is 1.38 bits per heavy atom. The average molecular weight is 291 g/mol. The smallest absolute Gasteiger partial charge is 0.0834 e. The molecule has 2 saturated carbocycles. The molecule has 1 unspecified atom stereocenters. The Morgan fingerprint density at radius 2 is 2.14 bits per heavy atom. The highest BCUT2D eigenvalue weighted by atomic mass is 16.5. The quantitative estimate of drug-likeness (QED) is 0.839. The Bertz CT molecular complexity index is 441. The minimum absolute atomic E-state index is 0.0349. The van der Waals surface area contributed by atoms with Gasteiger partial charge in [0.1, 0.15) is 0 Å². The second-order valence-electron chi connectivity index (χ2n) is 6.66. The molecule has 1 heterocycles. The number of ether oxygens (including phenoxy) is 1. The molecule has 1 N–H and O–H groups in total. The highest BCUT2D eigenvalue weighted by Crippen LogP contribution is 2.39. The van der Waals surface area contributed by atoms with Crippen LogP contribution in [0.3, 0.4) is 0 Å². The minimum atomic E-state index is 0.0349. The molecule has 3 rings (SSSR count). The van der Waals surface area contributed by atoms with Crippen molar-refractivity contribution in [3.63, 3.8) is 0 Å². The van der Waals surface area contributed by atoms with Crippen LogP contribution >= 0.6 is 0 Å². The third-order valence-corrected chi connectivity index (χ3v) is 5.47. The van der Waals surface area contributed by atoms with Crippen molar-refractivity contribution < 1.29 is 4.74 Å². The van der Waals surface area contributed by atoms with Gasteiger partial charge >= 0.3 is 0 Å². The zero-order valence-electron chi connectivity index (χ0n) is 13.5. The summed E-state index contributed by atoms with van der Waals surface area (Å²) in [5.74, 6) is 0. The van der Waals surface area contributed by atoms with Gasteiger partial charge in [0.2, 0.25) is 0 Å². The van der Waals surface area contributed by atoms with Crippen molar-refractivity contribution in [3.05, 3.63) is 18.0 Å². The van der Waals surface area contributed by atoms with E-state index in [0.717, 1.165) is 13.0 Å².